The van der Waals surface area contributed by atoms with E-state index in [1.54, 1.807) is 60.7 Å². The highest BCUT2D eigenvalue weighted by Gasteiger charge is 2.37. The molecule has 3 aromatic rings. The third-order valence-corrected chi connectivity index (χ3v) is 6.35. The second kappa shape index (κ2) is 10.1. The minimum absolute atomic E-state index is 0.260. The van der Waals surface area contributed by atoms with E-state index in [9.17, 15) is 9.59 Å². The molecule has 0 N–H and O–H groups in total. The van der Waals surface area contributed by atoms with E-state index in [0.29, 0.717) is 46.4 Å². The lowest BCUT2D eigenvalue weighted by Crippen LogP contribution is -2.29. The Morgan fingerprint density at radius 1 is 0.861 bits per heavy atom. The highest BCUT2D eigenvalue weighted by molar-refractivity contribution is 6.34. The van der Waals surface area contributed by atoms with Gasteiger partial charge >= 0.3 is 0 Å². The zero-order chi connectivity index (χ0) is 25.1. The summed E-state index contributed by atoms with van der Waals surface area (Å²) in [5, 5.41) is 8.94. The Balaban J connectivity index is 1.32. The van der Waals surface area contributed by atoms with E-state index in [1.165, 1.54) is 20.0 Å². The van der Waals surface area contributed by atoms with Crippen LogP contribution >= 0.6 is 0 Å². The van der Waals surface area contributed by atoms with Crippen molar-refractivity contribution in [1.29, 1.82) is 5.26 Å². The number of hydrogen-bond acceptors (Lipinski definition) is 7. The molecule has 36 heavy (non-hydrogen) atoms. The highest BCUT2D eigenvalue weighted by Crippen LogP contribution is 2.37. The van der Waals surface area contributed by atoms with Crippen LogP contribution in [-0.4, -0.2) is 50.1 Å². The number of ether oxygens (including phenoxy) is 3. The maximum Gasteiger partial charge on any atom is 0.266 e. The van der Waals surface area contributed by atoms with E-state index in [1.807, 2.05) is 0 Å². The van der Waals surface area contributed by atoms with Crippen LogP contribution in [0.1, 0.15) is 39.1 Å². The molecule has 2 aliphatic rings. The van der Waals surface area contributed by atoms with Gasteiger partial charge in [0.15, 0.2) is 11.5 Å². The highest BCUT2D eigenvalue weighted by atomic mass is 16.5. The fraction of sp³-hybridized carbons (Fsp3) is 0.250. The number of nitrogens with zero attached hydrogens (tertiary/aromatic N) is 3. The Bertz CT molecular complexity index is 1340. The average Bonchev–Trinajstić information content (AvgIpc) is 3.51. The first-order valence-electron chi connectivity index (χ1n) is 11.8. The number of carbonyl (C=O) groups is 2. The van der Waals surface area contributed by atoms with Crippen LogP contribution in [0.2, 0.25) is 0 Å². The van der Waals surface area contributed by atoms with E-state index >= 15 is 0 Å². The number of likely N-dealkylation sites (tertiary alicyclic amines) is 1. The number of fused-ring (bicyclic) bond motifs is 1. The molecular weight excluding hydrogens is 458 g/mol. The minimum Gasteiger partial charge on any atom is -0.493 e. The molecule has 8 heteroatoms. The third kappa shape index (κ3) is 4.61. The molecule has 0 aromatic heterocycles. The summed E-state index contributed by atoms with van der Waals surface area (Å²) in [6, 6.07) is 18.5. The van der Waals surface area contributed by atoms with Gasteiger partial charge in [0.1, 0.15) is 18.1 Å². The van der Waals surface area contributed by atoms with Gasteiger partial charge in [0.25, 0.3) is 11.8 Å². The maximum absolute atomic E-state index is 13.2. The number of methoxy groups -OCH3 is 1. The summed E-state index contributed by atoms with van der Waals surface area (Å²) in [7, 11) is 1.53. The Kier molecular flexibility index (Phi) is 6.56. The molecule has 0 unspecified atom stereocenters. The lowest BCUT2D eigenvalue weighted by molar-refractivity contribution is 0.0926. The Morgan fingerprint density at radius 2 is 1.58 bits per heavy atom. The van der Waals surface area contributed by atoms with Gasteiger partial charge in [-0.2, -0.15) is 5.26 Å². The predicted octanol–water partition coefficient (Wildman–Crippen LogP) is 4.63. The Labute approximate surface area is 209 Å². The van der Waals surface area contributed by atoms with Gasteiger partial charge in [0.05, 0.1) is 35.6 Å². The second-order valence-corrected chi connectivity index (χ2v) is 8.62. The van der Waals surface area contributed by atoms with Crippen LogP contribution in [0, 0.1) is 11.3 Å². The molecule has 1 saturated heterocycles. The van der Waals surface area contributed by atoms with Crippen LogP contribution in [0.25, 0.3) is 0 Å². The van der Waals surface area contributed by atoms with Crippen LogP contribution in [0.5, 0.6) is 23.0 Å². The topological polar surface area (TPSA) is 92.1 Å². The largest absolute Gasteiger partial charge is 0.493 e. The van der Waals surface area contributed by atoms with E-state index in [4.69, 9.17) is 19.5 Å². The van der Waals surface area contributed by atoms with Gasteiger partial charge in [-0.15, -0.1) is 0 Å². The summed E-state index contributed by atoms with van der Waals surface area (Å²) in [6.07, 6.45) is 2.45. The first-order chi connectivity index (χ1) is 17.6. The van der Waals surface area contributed by atoms with Crippen molar-refractivity contribution in [3.8, 4) is 29.1 Å². The molecule has 5 rings (SSSR count). The van der Waals surface area contributed by atoms with Gasteiger partial charge in [-0.25, -0.2) is 4.90 Å². The molecule has 0 bridgehead atoms. The number of amides is 2. The molecule has 2 amide bonds. The lowest BCUT2D eigenvalue weighted by atomic mass is 10.1. The summed E-state index contributed by atoms with van der Waals surface area (Å²) in [5.41, 5.74) is 1.48. The molecule has 1 fully saturated rings. The number of carbonyl (C=O) groups excluding carboxylic acids is 2. The minimum atomic E-state index is -0.440. The zero-order valence-corrected chi connectivity index (χ0v) is 19.9. The molecule has 3 aromatic carbocycles. The van der Waals surface area contributed by atoms with Crippen molar-refractivity contribution in [3.05, 3.63) is 77.4 Å². The van der Waals surface area contributed by atoms with E-state index in [0.717, 1.165) is 24.5 Å². The number of anilines is 1. The van der Waals surface area contributed by atoms with Crippen LogP contribution in [-0.2, 0) is 0 Å². The van der Waals surface area contributed by atoms with Crippen LogP contribution in [0.4, 0.5) is 5.69 Å². The fourth-order valence-corrected chi connectivity index (χ4v) is 4.46. The number of hydrogen-bond donors (Lipinski definition) is 0. The normalized spacial score (nSPS) is 15.1. The quantitative estimate of drug-likeness (QED) is 0.431. The van der Waals surface area contributed by atoms with Crippen molar-refractivity contribution in [2.45, 2.75) is 12.8 Å². The first-order valence-corrected chi connectivity index (χ1v) is 11.8. The number of nitriles is 1. The van der Waals surface area contributed by atoms with Gasteiger partial charge in [0, 0.05) is 12.6 Å². The van der Waals surface area contributed by atoms with Gasteiger partial charge in [0.2, 0.25) is 0 Å². The summed E-state index contributed by atoms with van der Waals surface area (Å²) in [4.78, 5) is 29.8. The molecule has 2 aliphatic heterocycles. The smallest absolute Gasteiger partial charge is 0.266 e. The van der Waals surface area contributed by atoms with Gasteiger partial charge in [-0.1, -0.05) is 0 Å². The molecular formula is C28H25N3O5. The van der Waals surface area contributed by atoms with Crippen LogP contribution < -0.4 is 19.1 Å². The molecule has 8 nitrogen and oxygen atoms in total. The van der Waals surface area contributed by atoms with Crippen molar-refractivity contribution < 1.29 is 23.8 Å². The predicted molar refractivity (Wildman–Crippen MR) is 133 cm³/mol. The number of benzene rings is 3. The summed E-state index contributed by atoms with van der Waals surface area (Å²) in [5.74, 6) is 1.11. The van der Waals surface area contributed by atoms with Crippen LogP contribution in [0.3, 0.4) is 0 Å². The first kappa shape index (κ1) is 23.4. The van der Waals surface area contributed by atoms with Crippen molar-refractivity contribution in [3.63, 3.8) is 0 Å². The summed E-state index contributed by atoms with van der Waals surface area (Å²) in [6.45, 7) is 3.57. The van der Waals surface area contributed by atoms with Gasteiger partial charge in [-0.05, 0) is 80.5 Å². The monoisotopic (exact) mass is 483 g/mol. The number of imide groups is 1. The standard InChI is InChI=1S/C28H25N3O5/c1-34-26-16-20(6-11-25(26)35-15-14-30-12-2-3-13-30)31-27(32)23-10-9-22(17-24(23)28(31)33)36-21-7-4-19(18-29)5-8-21/h4-11,16-17H,2-3,12-15H2,1H3. The van der Waals surface area contributed by atoms with Crippen LogP contribution in [0.15, 0.2) is 60.7 Å². The molecule has 0 atom stereocenters. The fourth-order valence-electron chi connectivity index (χ4n) is 4.46. The molecule has 0 spiro atoms. The van der Waals surface area contributed by atoms with E-state index < -0.39 is 11.8 Å². The Hall–Kier alpha value is -4.35. The van der Waals surface area contributed by atoms with E-state index in [-0.39, 0.29) is 5.56 Å². The summed E-state index contributed by atoms with van der Waals surface area (Å²) < 4.78 is 17.2. The molecule has 2 heterocycles. The summed E-state index contributed by atoms with van der Waals surface area (Å²) >= 11 is 0. The second-order valence-electron chi connectivity index (χ2n) is 8.62. The van der Waals surface area contributed by atoms with Gasteiger partial charge < -0.3 is 14.2 Å². The average molecular weight is 484 g/mol. The van der Waals surface area contributed by atoms with Crippen molar-refractivity contribution in [2.75, 3.05) is 38.3 Å². The lowest BCUT2D eigenvalue weighted by Gasteiger charge is -2.18. The van der Waals surface area contributed by atoms with Gasteiger partial charge in [-0.3, -0.25) is 14.5 Å². The van der Waals surface area contributed by atoms with Crippen molar-refractivity contribution >= 4 is 17.5 Å². The Morgan fingerprint density at radius 3 is 2.31 bits per heavy atom. The molecule has 182 valence electrons. The van der Waals surface area contributed by atoms with E-state index in [2.05, 4.69) is 11.0 Å². The molecule has 0 radical (unpaired) electrons. The SMILES string of the molecule is COc1cc(N2C(=O)c3ccc(Oc4ccc(C#N)cc4)cc3C2=O)ccc1OCCN1CCCC1. The van der Waals surface area contributed by atoms with Crippen molar-refractivity contribution in [1.82, 2.24) is 4.90 Å². The molecule has 0 saturated carbocycles. The maximum atomic E-state index is 13.2. The zero-order valence-electron chi connectivity index (χ0n) is 19.9. The van der Waals surface area contributed by atoms with Crippen molar-refractivity contribution in [2.24, 2.45) is 0 Å². The number of rotatable bonds is 8. The third-order valence-electron chi connectivity index (χ3n) is 6.35. The molecule has 0 aliphatic carbocycles.